The van der Waals surface area contributed by atoms with Crippen LogP contribution in [-0.4, -0.2) is 25.1 Å². The van der Waals surface area contributed by atoms with Crippen molar-refractivity contribution in [2.45, 2.75) is 13.0 Å². The van der Waals surface area contributed by atoms with E-state index >= 15 is 0 Å². The molecule has 0 spiro atoms. The molecule has 0 radical (unpaired) electrons. The number of ether oxygens (including phenoxy) is 2. The molecule has 0 saturated heterocycles. The fraction of sp³-hybridized carbons (Fsp3) is 0.125. The molecular weight excluding hydrogens is 510 g/mol. The third kappa shape index (κ3) is 7.34. The van der Waals surface area contributed by atoms with Gasteiger partial charge in [-0.25, -0.2) is 5.43 Å². The largest absolute Gasteiger partial charge is 0.495 e. The number of nitrogens with zero attached hydrogens (tertiary/aromatic N) is 1. The number of amides is 2. The highest BCUT2D eigenvalue weighted by atomic mass is 79.9. The summed E-state index contributed by atoms with van der Waals surface area (Å²) in [5.74, 6) is 0.0129. The summed E-state index contributed by atoms with van der Waals surface area (Å²) in [4.78, 5) is 24.3. The van der Waals surface area contributed by atoms with Crippen molar-refractivity contribution in [2.75, 3.05) is 12.4 Å². The first kappa shape index (κ1) is 24.3. The smallest absolute Gasteiger partial charge is 0.249 e. The number of benzene rings is 3. The number of hydrogen-bond acceptors (Lipinski definition) is 5. The average Bonchev–Trinajstić information content (AvgIpc) is 2.79. The lowest BCUT2D eigenvalue weighted by Crippen LogP contribution is -2.24. The number of rotatable bonds is 9. The Morgan fingerprint density at radius 3 is 2.58 bits per heavy atom. The molecule has 0 unspecified atom stereocenters. The monoisotopic (exact) mass is 529 g/mol. The molecule has 7 nitrogen and oxygen atoms in total. The van der Waals surface area contributed by atoms with Gasteiger partial charge >= 0.3 is 0 Å². The van der Waals surface area contributed by atoms with E-state index < -0.39 is 18.2 Å². The molecule has 0 aromatic heterocycles. The summed E-state index contributed by atoms with van der Waals surface area (Å²) >= 11 is 9.59. The van der Waals surface area contributed by atoms with Crippen molar-refractivity contribution in [3.8, 4) is 11.5 Å². The molecule has 2 N–H and O–H groups in total. The molecule has 33 heavy (non-hydrogen) atoms. The van der Waals surface area contributed by atoms with E-state index in [9.17, 15) is 9.59 Å². The highest BCUT2D eigenvalue weighted by Crippen LogP contribution is 2.25. The first-order valence-electron chi connectivity index (χ1n) is 9.87. The van der Waals surface area contributed by atoms with Crippen LogP contribution in [0.5, 0.6) is 11.5 Å². The van der Waals surface area contributed by atoms with Gasteiger partial charge in [-0.1, -0.05) is 57.9 Å². The van der Waals surface area contributed by atoms with Crippen molar-refractivity contribution in [2.24, 2.45) is 5.10 Å². The predicted molar refractivity (Wildman–Crippen MR) is 132 cm³/mol. The Kier molecular flexibility index (Phi) is 8.86. The van der Waals surface area contributed by atoms with Gasteiger partial charge in [0, 0.05) is 20.6 Å². The van der Waals surface area contributed by atoms with Crippen LogP contribution in [0, 0.1) is 0 Å². The van der Waals surface area contributed by atoms with Gasteiger partial charge in [0.15, 0.2) is 0 Å². The molecule has 0 fully saturated rings. The van der Waals surface area contributed by atoms with E-state index in [0.29, 0.717) is 27.8 Å². The molecule has 0 bridgehead atoms. The number of anilines is 1. The van der Waals surface area contributed by atoms with Crippen molar-refractivity contribution in [3.05, 3.63) is 87.4 Å². The van der Waals surface area contributed by atoms with E-state index in [1.165, 1.54) is 13.3 Å². The SMILES string of the molecule is COc1ccccc1NC(=O)CC(=O)NN=Cc1cc(Br)ccc1OCc1ccccc1Cl. The van der Waals surface area contributed by atoms with E-state index in [1.54, 1.807) is 42.5 Å². The summed E-state index contributed by atoms with van der Waals surface area (Å²) < 4.78 is 11.9. The van der Waals surface area contributed by atoms with Gasteiger partial charge in [0.1, 0.15) is 24.5 Å². The molecule has 0 aliphatic carbocycles. The molecule has 170 valence electrons. The Hall–Kier alpha value is -3.36. The molecule has 3 rings (SSSR count). The highest BCUT2D eigenvalue weighted by molar-refractivity contribution is 9.10. The van der Waals surface area contributed by atoms with Crippen molar-refractivity contribution in [1.29, 1.82) is 0 Å². The molecule has 9 heteroatoms. The van der Waals surface area contributed by atoms with Gasteiger partial charge in [0.2, 0.25) is 11.8 Å². The number of methoxy groups -OCH3 is 1. The van der Waals surface area contributed by atoms with Crippen LogP contribution < -0.4 is 20.2 Å². The Morgan fingerprint density at radius 2 is 1.79 bits per heavy atom. The van der Waals surface area contributed by atoms with Crippen LogP contribution >= 0.6 is 27.5 Å². The van der Waals surface area contributed by atoms with Crippen LogP contribution in [0.3, 0.4) is 0 Å². The first-order chi connectivity index (χ1) is 16.0. The minimum atomic E-state index is -0.563. The minimum absolute atomic E-state index is 0.275. The quantitative estimate of drug-likeness (QED) is 0.227. The van der Waals surface area contributed by atoms with Crippen LogP contribution in [0.15, 0.2) is 76.3 Å². The van der Waals surface area contributed by atoms with Crippen LogP contribution in [-0.2, 0) is 16.2 Å². The zero-order valence-corrected chi connectivity index (χ0v) is 20.0. The molecule has 0 saturated carbocycles. The molecular formula is C24H21BrClN3O4. The predicted octanol–water partition coefficient (Wildman–Crippen LogP) is 5.17. The summed E-state index contributed by atoms with van der Waals surface area (Å²) in [7, 11) is 1.50. The topological polar surface area (TPSA) is 89.0 Å². The van der Waals surface area contributed by atoms with E-state index in [2.05, 4.69) is 31.8 Å². The van der Waals surface area contributed by atoms with Gasteiger partial charge < -0.3 is 14.8 Å². The van der Waals surface area contributed by atoms with Crippen molar-refractivity contribution >= 4 is 51.2 Å². The zero-order valence-electron chi connectivity index (χ0n) is 17.7. The summed E-state index contributed by atoms with van der Waals surface area (Å²) in [5, 5.41) is 7.21. The van der Waals surface area contributed by atoms with E-state index in [-0.39, 0.29) is 6.61 Å². The number of carbonyl (C=O) groups excluding carboxylic acids is 2. The number of nitrogens with one attached hydrogen (secondary N) is 2. The van der Waals surface area contributed by atoms with Gasteiger partial charge in [-0.15, -0.1) is 0 Å². The summed E-state index contributed by atoms with van der Waals surface area (Å²) in [6, 6.07) is 19.8. The summed E-state index contributed by atoms with van der Waals surface area (Å²) in [6.07, 6.45) is 1.05. The number of para-hydroxylation sites is 2. The maximum atomic E-state index is 12.2. The lowest BCUT2D eigenvalue weighted by atomic mass is 10.2. The van der Waals surface area contributed by atoms with Crippen LogP contribution in [0.25, 0.3) is 0 Å². The Bertz CT molecular complexity index is 1170. The lowest BCUT2D eigenvalue weighted by molar-refractivity contribution is -0.126. The first-order valence-corrected chi connectivity index (χ1v) is 11.0. The van der Waals surface area contributed by atoms with E-state index in [0.717, 1.165) is 10.0 Å². The Labute approximate surface area is 204 Å². The van der Waals surface area contributed by atoms with Crippen LogP contribution in [0.1, 0.15) is 17.5 Å². The lowest BCUT2D eigenvalue weighted by Gasteiger charge is -2.11. The summed E-state index contributed by atoms with van der Waals surface area (Å²) in [6.45, 7) is 0.275. The standard InChI is InChI=1S/C24H21BrClN3O4/c1-32-22-9-5-4-8-20(22)28-23(30)13-24(31)29-27-14-17-12-18(25)10-11-21(17)33-15-16-6-2-3-7-19(16)26/h2-12,14H,13,15H2,1H3,(H,28,30)(H,29,31). The fourth-order valence-electron chi connectivity index (χ4n) is 2.82. The second-order valence-electron chi connectivity index (χ2n) is 6.78. The Morgan fingerprint density at radius 1 is 1.03 bits per heavy atom. The van der Waals surface area contributed by atoms with Crippen molar-refractivity contribution < 1.29 is 19.1 Å². The van der Waals surface area contributed by atoms with E-state index in [1.807, 2.05) is 24.3 Å². The van der Waals surface area contributed by atoms with Gasteiger partial charge in [-0.3, -0.25) is 9.59 Å². The van der Waals surface area contributed by atoms with Gasteiger partial charge in [0.05, 0.1) is 19.0 Å². The maximum Gasteiger partial charge on any atom is 0.249 e. The molecule has 3 aromatic carbocycles. The zero-order chi connectivity index (χ0) is 23.6. The van der Waals surface area contributed by atoms with Gasteiger partial charge in [-0.05, 0) is 36.4 Å². The third-order valence-corrected chi connectivity index (χ3v) is 5.27. The number of halogens is 2. The number of hydrogen-bond donors (Lipinski definition) is 2. The molecule has 0 atom stereocenters. The second-order valence-corrected chi connectivity index (χ2v) is 8.10. The molecule has 0 heterocycles. The third-order valence-electron chi connectivity index (χ3n) is 4.41. The van der Waals surface area contributed by atoms with Crippen molar-refractivity contribution in [3.63, 3.8) is 0 Å². The second kappa shape index (κ2) is 12.0. The number of hydrazone groups is 1. The maximum absolute atomic E-state index is 12.2. The van der Waals surface area contributed by atoms with Crippen LogP contribution in [0.2, 0.25) is 5.02 Å². The molecule has 2 amide bonds. The molecule has 0 aliphatic rings. The van der Waals surface area contributed by atoms with Gasteiger partial charge in [0.25, 0.3) is 0 Å². The molecule has 0 aliphatic heterocycles. The number of carbonyl (C=O) groups is 2. The highest BCUT2D eigenvalue weighted by Gasteiger charge is 2.11. The Balaban J connectivity index is 1.57. The van der Waals surface area contributed by atoms with Gasteiger partial charge in [-0.2, -0.15) is 5.10 Å². The minimum Gasteiger partial charge on any atom is -0.495 e. The van der Waals surface area contributed by atoms with Crippen molar-refractivity contribution in [1.82, 2.24) is 5.43 Å². The van der Waals surface area contributed by atoms with E-state index in [4.69, 9.17) is 21.1 Å². The van der Waals surface area contributed by atoms with Crippen LogP contribution in [0.4, 0.5) is 5.69 Å². The molecule has 3 aromatic rings. The fourth-order valence-corrected chi connectivity index (χ4v) is 3.39. The average molecular weight is 531 g/mol. The summed E-state index contributed by atoms with van der Waals surface area (Å²) in [5.41, 5.74) is 4.32. The normalized spacial score (nSPS) is 10.6.